The van der Waals surface area contributed by atoms with Crippen molar-refractivity contribution in [2.24, 2.45) is 5.92 Å². The van der Waals surface area contributed by atoms with Gasteiger partial charge in [0.25, 0.3) is 0 Å². The fourth-order valence-electron chi connectivity index (χ4n) is 9.13. The first kappa shape index (κ1) is 40.6. The number of amides is 4. The lowest BCUT2D eigenvalue weighted by molar-refractivity contribution is -0.139. The third kappa shape index (κ3) is 7.26. The number of carbonyl (C=O) groups excluding carboxylic acids is 4. The molecular weight excluding hydrogens is 769 g/mol. The number of aromatic amines is 2. The number of likely N-dealkylation sites (tertiary alicyclic amines) is 2. The maximum absolute atomic E-state index is 14.0. The van der Waals surface area contributed by atoms with E-state index < -0.39 is 36.3 Å². The molecule has 3 aliphatic rings. The topological polar surface area (TPSA) is 204 Å². The van der Waals surface area contributed by atoms with Gasteiger partial charge in [0.05, 0.1) is 55.3 Å². The van der Waals surface area contributed by atoms with Gasteiger partial charge in [-0.1, -0.05) is 32.0 Å². The standard InChI is InChI=1S/C44H52N8O8/c1-21(2)36(49-43(56)58-6)41(54)52-23(4)9-15-34(52)40-46-31-13-11-25-17-30-28-12-10-26(16-27(28)20-60-35(30)18-29(25)38(31)48-40)32-19-45-39(47-32)33-14-8-22(3)51(33)42(55)37(24(5)53)50-44(57)59-7/h10-13,16-19,21-24,33-34,36-37,53H,8-9,14-15,20H2,1-7H3,(H,45,47)(H,46,48)(H,49,56)(H,50,57). The normalized spacial score (nSPS) is 21.3. The molecule has 5 heterocycles. The largest absolute Gasteiger partial charge is 0.488 e. The van der Waals surface area contributed by atoms with Crippen molar-refractivity contribution in [3.05, 3.63) is 65.9 Å². The molecule has 0 bridgehead atoms. The van der Waals surface area contributed by atoms with E-state index in [0.29, 0.717) is 24.7 Å². The first-order valence-corrected chi connectivity index (χ1v) is 20.6. The highest BCUT2D eigenvalue weighted by molar-refractivity contribution is 6.07. The Labute approximate surface area is 347 Å². The number of hydrogen-bond acceptors (Lipinski definition) is 10. The second kappa shape index (κ2) is 16.1. The smallest absolute Gasteiger partial charge is 0.407 e. The molecule has 2 fully saturated rings. The SMILES string of the molecule is COC(=O)NC(C(=O)N1C(C)CCC1c1nc2c(ccc3cc4c(cc32)OCc2cc(-c3cnc(C5CCC(C)N5C(=O)C(NC(=O)OC)C(C)O)[nH]3)ccc2-4)[nH]1)C(C)C. The van der Waals surface area contributed by atoms with Crippen LogP contribution in [0.15, 0.2) is 48.7 Å². The van der Waals surface area contributed by atoms with E-state index in [1.54, 1.807) is 11.1 Å². The Bertz CT molecular complexity index is 2480. The van der Waals surface area contributed by atoms with Crippen LogP contribution in [0.2, 0.25) is 0 Å². The van der Waals surface area contributed by atoms with Gasteiger partial charge in [-0.3, -0.25) is 9.59 Å². The van der Waals surface area contributed by atoms with E-state index in [1.807, 2.05) is 50.8 Å². The zero-order chi connectivity index (χ0) is 42.6. The van der Waals surface area contributed by atoms with E-state index in [1.165, 1.54) is 21.1 Å². The summed E-state index contributed by atoms with van der Waals surface area (Å²) in [5.74, 6) is 1.38. The molecule has 0 radical (unpaired) electrons. The summed E-state index contributed by atoms with van der Waals surface area (Å²) in [7, 11) is 2.50. The molecule has 5 N–H and O–H groups in total. The van der Waals surface area contributed by atoms with Crippen molar-refractivity contribution >= 4 is 45.8 Å². The number of benzene rings is 3. The first-order valence-electron chi connectivity index (χ1n) is 20.6. The van der Waals surface area contributed by atoms with E-state index in [9.17, 15) is 24.3 Å². The second-order valence-corrected chi connectivity index (χ2v) is 16.6. The number of nitrogens with one attached hydrogen (secondary N) is 4. The van der Waals surface area contributed by atoms with Crippen molar-refractivity contribution in [1.82, 2.24) is 40.4 Å². The molecule has 7 unspecified atom stereocenters. The number of alkyl carbamates (subject to hydrolysis) is 2. The second-order valence-electron chi connectivity index (χ2n) is 16.6. The van der Waals surface area contributed by atoms with Crippen molar-refractivity contribution in [3.8, 4) is 28.1 Å². The minimum atomic E-state index is -1.16. The van der Waals surface area contributed by atoms with Gasteiger partial charge in [0.15, 0.2) is 0 Å². The Morgan fingerprint density at radius 3 is 2.12 bits per heavy atom. The van der Waals surface area contributed by atoms with E-state index in [2.05, 4.69) is 44.9 Å². The molecule has 16 nitrogen and oxygen atoms in total. The van der Waals surface area contributed by atoms with Crippen LogP contribution in [0.25, 0.3) is 44.2 Å². The summed E-state index contributed by atoms with van der Waals surface area (Å²) in [5.41, 5.74) is 6.40. The number of rotatable bonds is 9. The Balaban J connectivity index is 1.05. The summed E-state index contributed by atoms with van der Waals surface area (Å²) >= 11 is 0. The van der Waals surface area contributed by atoms with Gasteiger partial charge < -0.3 is 49.7 Å². The van der Waals surface area contributed by atoms with Crippen molar-refractivity contribution < 1.29 is 38.5 Å². The zero-order valence-corrected chi connectivity index (χ0v) is 34.9. The first-order chi connectivity index (χ1) is 28.8. The summed E-state index contributed by atoms with van der Waals surface area (Å²) in [6.45, 7) is 9.60. The van der Waals surface area contributed by atoms with Gasteiger partial charge in [0, 0.05) is 23.0 Å². The van der Waals surface area contributed by atoms with E-state index in [0.717, 1.165) is 74.8 Å². The Kier molecular flexibility index (Phi) is 10.9. The monoisotopic (exact) mass is 820 g/mol. The zero-order valence-electron chi connectivity index (χ0n) is 34.9. The number of aliphatic hydroxyl groups is 1. The highest BCUT2D eigenvalue weighted by Crippen LogP contribution is 2.44. The summed E-state index contributed by atoms with van der Waals surface area (Å²) in [6, 6.07) is 11.8. The highest BCUT2D eigenvalue weighted by Gasteiger charge is 2.43. The number of H-pyrrole nitrogens is 2. The average molecular weight is 821 g/mol. The van der Waals surface area contributed by atoms with Crippen LogP contribution in [0.4, 0.5) is 9.59 Å². The van der Waals surface area contributed by atoms with Gasteiger partial charge in [-0.05, 0) is 98.7 Å². The molecule has 3 aromatic carbocycles. The molecule has 16 heteroatoms. The van der Waals surface area contributed by atoms with Gasteiger partial charge in [0.1, 0.15) is 36.1 Å². The van der Waals surface area contributed by atoms with Crippen LogP contribution in [0.1, 0.15) is 89.6 Å². The number of methoxy groups -OCH3 is 2. The average Bonchev–Trinajstić information content (AvgIpc) is 4.06. The number of hydrogen-bond donors (Lipinski definition) is 5. The number of ether oxygens (including phenoxy) is 3. The lowest BCUT2D eigenvalue weighted by Crippen LogP contribution is -2.54. The van der Waals surface area contributed by atoms with Crippen molar-refractivity contribution in [2.75, 3.05) is 14.2 Å². The van der Waals surface area contributed by atoms with E-state index in [4.69, 9.17) is 24.2 Å². The summed E-state index contributed by atoms with van der Waals surface area (Å²) in [6.07, 6.45) is 2.16. The molecule has 7 atom stereocenters. The number of aromatic nitrogens is 4. The maximum Gasteiger partial charge on any atom is 0.407 e. The number of aliphatic hydroxyl groups excluding tert-OH is 1. The number of nitrogens with zero attached hydrogens (tertiary/aromatic N) is 4. The molecule has 4 amide bonds. The van der Waals surface area contributed by atoms with Crippen LogP contribution < -0.4 is 15.4 Å². The number of carbonyl (C=O) groups is 4. The molecule has 0 aliphatic carbocycles. The van der Waals surface area contributed by atoms with Gasteiger partial charge in [-0.25, -0.2) is 19.6 Å². The molecule has 8 rings (SSSR count). The summed E-state index contributed by atoms with van der Waals surface area (Å²) in [5, 5.41) is 17.5. The molecule has 3 aliphatic heterocycles. The quantitative estimate of drug-likeness (QED) is 0.113. The molecular formula is C44H52N8O8. The molecule has 0 saturated carbocycles. The Morgan fingerprint density at radius 1 is 0.817 bits per heavy atom. The Hall–Kier alpha value is -6.16. The molecule has 0 spiro atoms. The van der Waals surface area contributed by atoms with Crippen LogP contribution >= 0.6 is 0 Å². The third-order valence-corrected chi connectivity index (χ3v) is 12.3. The van der Waals surface area contributed by atoms with Crippen LogP contribution in [0, 0.1) is 5.92 Å². The molecule has 2 aromatic heterocycles. The highest BCUT2D eigenvalue weighted by atomic mass is 16.5. The van der Waals surface area contributed by atoms with Crippen LogP contribution in [0.3, 0.4) is 0 Å². The predicted molar refractivity (Wildman–Crippen MR) is 223 cm³/mol. The van der Waals surface area contributed by atoms with E-state index >= 15 is 0 Å². The molecule has 5 aromatic rings. The Morgan fingerprint density at radius 2 is 1.47 bits per heavy atom. The van der Waals surface area contributed by atoms with Crippen molar-refractivity contribution in [2.45, 2.75) is 109 Å². The lowest BCUT2D eigenvalue weighted by atomic mass is 9.92. The lowest BCUT2D eigenvalue weighted by Gasteiger charge is -2.32. The fourth-order valence-corrected chi connectivity index (χ4v) is 9.13. The van der Waals surface area contributed by atoms with Crippen LogP contribution in [0.5, 0.6) is 5.75 Å². The molecule has 60 heavy (non-hydrogen) atoms. The summed E-state index contributed by atoms with van der Waals surface area (Å²) in [4.78, 5) is 72.1. The fraction of sp³-hybridized carbons (Fsp3) is 0.455. The van der Waals surface area contributed by atoms with Crippen molar-refractivity contribution in [1.29, 1.82) is 0 Å². The summed E-state index contributed by atoms with van der Waals surface area (Å²) < 4.78 is 15.9. The number of fused-ring (bicyclic) bond motifs is 6. The van der Waals surface area contributed by atoms with Gasteiger partial charge in [0.2, 0.25) is 11.8 Å². The van der Waals surface area contributed by atoms with Crippen LogP contribution in [-0.4, -0.2) is 103 Å². The van der Waals surface area contributed by atoms with Gasteiger partial charge >= 0.3 is 12.2 Å². The minimum absolute atomic E-state index is 0.0331. The van der Waals surface area contributed by atoms with E-state index in [-0.39, 0.29) is 36.0 Å². The van der Waals surface area contributed by atoms with Crippen molar-refractivity contribution in [3.63, 3.8) is 0 Å². The van der Waals surface area contributed by atoms with Crippen LogP contribution in [-0.2, 0) is 25.7 Å². The molecule has 2 saturated heterocycles. The predicted octanol–water partition coefficient (Wildman–Crippen LogP) is 6.26. The number of imidazole rings is 2. The third-order valence-electron chi connectivity index (χ3n) is 12.3. The van der Waals surface area contributed by atoms with Gasteiger partial charge in [-0.2, -0.15) is 0 Å². The van der Waals surface area contributed by atoms with Gasteiger partial charge in [-0.15, -0.1) is 0 Å². The minimum Gasteiger partial charge on any atom is -0.488 e. The maximum atomic E-state index is 14.0. The molecule has 316 valence electrons.